The third kappa shape index (κ3) is 5.90. The van der Waals surface area contributed by atoms with Crippen molar-refractivity contribution in [3.05, 3.63) is 23.8 Å². The summed E-state index contributed by atoms with van der Waals surface area (Å²) in [4.78, 5) is 12.2. The molecule has 1 aromatic rings. The molecule has 0 aromatic heterocycles. The Bertz CT molecular complexity index is 578. The lowest BCUT2D eigenvalue weighted by Gasteiger charge is -2.19. The predicted octanol–water partition coefficient (Wildman–Crippen LogP) is 3.14. The molecule has 0 radical (unpaired) electrons. The average molecular weight is 352 g/mol. The number of ether oxygens (including phenoxy) is 5. The van der Waals surface area contributed by atoms with Gasteiger partial charge in [-0.1, -0.05) is 6.07 Å². The summed E-state index contributed by atoms with van der Waals surface area (Å²) in [5.41, 5.74) is 0.505. The summed E-state index contributed by atoms with van der Waals surface area (Å²) in [5.74, 6) is 1.20. The third-order valence-corrected chi connectivity index (χ3v) is 3.77. The van der Waals surface area contributed by atoms with E-state index in [1.165, 1.54) is 0 Å². The lowest BCUT2D eigenvalue weighted by Crippen LogP contribution is -2.25. The second kappa shape index (κ2) is 8.54. The molecule has 1 aliphatic carbocycles. The third-order valence-electron chi connectivity index (χ3n) is 3.77. The first-order chi connectivity index (χ1) is 11.9. The van der Waals surface area contributed by atoms with Crippen LogP contribution in [0.25, 0.3) is 0 Å². The summed E-state index contributed by atoms with van der Waals surface area (Å²) in [6, 6.07) is 5.66. The molecule has 2 atom stereocenters. The van der Waals surface area contributed by atoms with Crippen LogP contribution in [0.1, 0.15) is 38.7 Å². The lowest BCUT2D eigenvalue weighted by atomic mass is 10.1. The van der Waals surface area contributed by atoms with Gasteiger partial charge in [-0.05, 0) is 38.8 Å². The molecule has 1 saturated carbocycles. The molecule has 0 heterocycles. The van der Waals surface area contributed by atoms with Crippen molar-refractivity contribution in [2.45, 2.75) is 38.7 Å². The summed E-state index contributed by atoms with van der Waals surface area (Å²) >= 11 is 0. The molecule has 6 heteroatoms. The fraction of sp³-hybridized carbons (Fsp3) is 0.632. The molecule has 25 heavy (non-hydrogen) atoms. The molecule has 140 valence electrons. The number of esters is 1. The van der Waals surface area contributed by atoms with Crippen LogP contribution >= 0.6 is 0 Å². The van der Waals surface area contributed by atoms with E-state index in [1.807, 2.05) is 39.0 Å². The average Bonchev–Trinajstić information content (AvgIpc) is 3.32. The second-order valence-corrected chi connectivity index (χ2v) is 7.07. The Balaban J connectivity index is 2.07. The van der Waals surface area contributed by atoms with Crippen molar-refractivity contribution < 1.29 is 28.5 Å². The van der Waals surface area contributed by atoms with E-state index < -0.39 is 5.60 Å². The maximum atomic E-state index is 12.2. The first-order valence-corrected chi connectivity index (χ1v) is 8.46. The minimum atomic E-state index is -0.474. The molecule has 2 rings (SSSR count). The van der Waals surface area contributed by atoms with Crippen LogP contribution in [0.3, 0.4) is 0 Å². The minimum Gasteiger partial charge on any atom is -0.491 e. The van der Waals surface area contributed by atoms with Crippen LogP contribution < -0.4 is 9.47 Å². The monoisotopic (exact) mass is 352 g/mol. The van der Waals surface area contributed by atoms with E-state index in [0.717, 1.165) is 12.0 Å². The Morgan fingerprint density at radius 3 is 2.52 bits per heavy atom. The summed E-state index contributed by atoms with van der Waals surface area (Å²) in [6.45, 7) is 6.74. The van der Waals surface area contributed by atoms with Gasteiger partial charge in [-0.2, -0.15) is 0 Å². The number of hydrogen-bond donors (Lipinski definition) is 0. The smallest absolute Gasteiger partial charge is 0.310 e. The highest BCUT2D eigenvalue weighted by Gasteiger charge is 2.47. The molecule has 0 spiro atoms. The van der Waals surface area contributed by atoms with Crippen molar-refractivity contribution in [1.82, 2.24) is 0 Å². The van der Waals surface area contributed by atoms with Gasteiger partial charge in [0.15, 0.2) is 6.79 Å². The highest BCUT2D eigenvalue weighted by Crippen LogP contribution is 2.52. The van der Waals surface area contributed by atoms with Crippen LogP contribution in [-0.2, 0) is 19.0 Å². The Morgan fingerprint density at radius 2 is 1.88 bits per heavy atom. The van der Waals surface area contributed by atoms with Gasteiger partial charge in [0.2, 0.25) is 0 Å². The first-order valence-electron chi connectivity index (χ1n) is 8.46. The largest absolute Gasteiger partial charge is 0.491 e. The van der Waals surface area contributed by atoms with E-state index in [4.69, 9.17) is 23.7 Å². The molecule has 0 N–H and O–H groups in total. The van der Waals surface area contributed by atoms with Crippen molar-refractivity contribution in [3.63, 3.8) is 0 Å². The molecule has 0 bridgehead atoms. The molecule has 1 aromatic carbocycles. The molecule has 0 saturated heterocycles. The van der Waals surface area contributed by atoms with Crippen molar-refractivity contribution >= 4 is 5.97 Å². The van der Waals surface area contributed by atoms with Gasteiger partial charge >= 0.3 is 5.97 Å². The molecular weight excluding hydrogens is 324 g/mol. The number of hydrogen-bond acceptors (Lipinski definition) is 6. The maximum Gasteiger partial charge on any atom is 0.310 e. The van der Waals surface area contributed by atoms with Crippen molar-refractivity contribution in [2.24, 2.45) is 5.92 Å². The molecule has 0 unspecified atom stereocenters. The summed E-state index contributed by atoms with van der Waals surface area (Å²) in [5, 5.41) is 0. The zero-order valence-corrected chi connectivity index (χ0v) is 15.7. The van der Waals surface area contributed by atoms with Gasteiger partial charge in [0, 0.05) is 26.2 Å². The molecule has 0 aliphatic heterocycles. The van der Waals surface area contributed by atoms with E-state index in [-0.39, 0.29) is 24.6 Å². The quantitative estimate of drug-likeness (QED) is 0.386. The minimum absolute atomic E-state index is 0.106. The fourth-order valence-corrected chi connectivity index (χ4v) is 2.58. The second-order valence-electron chi connectivity index (χ2n) is 7.07. The standard InChI is InChI=1S/C19H28O6/c1-19(2,3)25-18(20)16-11-15(16)14-7-6-13(23-9-8-21-4)10-17(14)24-12-22-5/h6-7,10,15-16H,8-9,11-12H2,1-5H3/t15-,16+/m0/s1. The zero-order valence-electron chi connectivity index (χ0n) is 15.7. The molecule has 6 nitrogen and oxygen atoms in total. The van der Waals surface area contributed by atoms with Gasteiger partial charge in [-0.3, -0.25) is 4.79 Å². The van der Waals surface area contributed by atoms with Crippen molar-refractivity contribution in [3.8, 4) is 11.5 Å². The van der Waals surface area contributed by atoms with Crippen molar-refractivity contribution in [2.75, 3.05) is 34.2 Å². The molecule has 1 fully saturated rings. The van der Waals surface area contributed by atoms with Gasteiger partial charge in [-0.25, -0.2) is 0 Å². The number of rotatable bonds is 9. The van der Waals surface area contributed by atoms with E-state index >= 15 is 0 Å². The van der Waals surface area contributed by atoms with Crippen LogP contribution in [0.4, 0.5) is 0 Å². The van der Waals surface area contributed by atoms with Gasteiger partial charge in [0.1, 0.15) is 23.7 Å². The summed E-state index contributed by atoms with van der Waals surface area (Å²) < 4.78 is 26.8. The zero-order chi connectivity index (χ0) is 18.4. The normalized spacial score (nSPS) is 19.4. The molecule has 0 amide bonds. The Morgan fingerprint density at radius 1 is 1.12 bits per heavy atom. The van der Waals surface area contributed by atoms with Crippen molar-refractivity contribution in [1.29, 1.82) is 0 Å². The van der Waals surface area contributed by atoms with Gasteiger partial charge in [0.25, 0.3) is 0 Å². The van der Waals surface area contributed by atoms with Crippen LogP contribution in [0.15, 0.2) is 18.2 Å². The van der Waals surface area contributed by atoms with E-state index in [9.17, 15) is 4.79 Å². The number of benzene rings is 1. The predicted molar refractivity (Wildman–Crippen MR) is 93.0 cm³/mol. The Kier molecular flexibility index (Phi) is 6.67. The van der Waals surface area contributed by atoms with E-state index in [1.54, 1.807) is 14.2 Å². The Hall–Kier alpha value is -1.79. The van der Waals surface area contributed by atoms with Gasteiger partial charge < -0.3 is 23.7 Å². The van der Waals surface area contributed by atoms with Crippen LogP contribution in [0.2, 0.25) is 0 Å². The fourth-order valence-electron chi connectivity index (χ4n) is 2.58. The summed E-state index contributed by atoms with van der Waals surface area (Å²) in [6.07, 6.45) is 0.766. The highest BCUT2D eigenvalue weighted by molar-refractivity contribution is 5.78. The van der Waals surface area contributed by atoms with Gasteiger partial charge in [0.05, 0.1) is 12.5 Å². The molecule has 1 aliphatic rings. The summed E-state index contributed by atoms with van der Waals surface area (Å²) in [7, 11) is 3.20. The van der Waals surface area contributed by atoms with Gasteiger partial charge in [-0.15, -0.1) is 0 Å². The van der Waals surface area contributed by atoms with E-state index in [2.05, 4.69) is 0 Å². The highest BCUT2D eigenvalue weighted by atomic mass is 16.7. The number of methoxy groups -OCH3 is 2. The first kappa shape index (κ1) is 19.5. The number of carbonyl (C=O) groups is 1. The lowest BCUT2D eigenvalue weighted by molar-refractivity contribution is -0.156. The topological polar surface area (TPSA) is 63.2 Å². The number of carbonyl (C=O) groups excluding carboxylic acids is 1. The maximum absolute atomic E-state index is 12.2. The molecular formula is C19H28O6. The van der Waals surface area contributed by atoms with Crippen LogP contribution in [-0.4, -0.2) is 45.8 Å². The van der Waals surface area contributed by atoms with E-state index in [0.29, 0.717) is 24.7 Å². The van der Waals surface area contributed by atoms with Crippen LogP contribution in [0, 0.1) is 5.92 Å². The SMILES string of the molecule is COCCOc1ccc([C@@H]2C[C@H]2C(=O)OC(C)(C)C)c(OCOC)c1. The van der Waals surface area contributed by atoms with Crippen LogP contribution in [0.5, 0.6) is 11.5 Å². The Labute approximate surface area is 149 Å².